The van der Waals surface area contributed by atoms with Gasteiger partial charge in [0, 0.05) is 30.5 Å². The third kappa shape index (κ3) is 4.00. The van der Waals surface area contributed by atoms with E-state index < -0.39 is 0 Å². The molecule has 0 atom stereocenters. The van der Waals surface area contributed by atoms with E-state index in [1.807, 2.05) is 0 Å². The third-order valence-electron chi connectivity index (χ3n) is 2.94. The van der Waals surface area contributed by atoms with Crippen molar-refractivity contribution in [1.29, 1.82) is 0 Å². The highest BCUT2D eigenvalue weighted by Crippen LogP contribution is 2.10. The fourth-order valence-electron chi connectivity index (χ4n) is 1.87. The van der Waals surface area contributed by atoms with Gasteiger partial charge in [0.25, 0.3) is 0 Å². The highest BCUT2D eigenvalue weighted by molar-refractivity contribution is 7.07. The number of nitrogens with zero attached hydrogens (tertiary/aromatic N) is 1. The summed E-state index contributed by atoms with van der Waals surface area (Å²) in [6.45, 7) is 8.59. The third-order valence-corrected chi connectivity index (χ3v) is 3.68. The molecule has 2 nitrogen and oxygen atoms in total. The molecule has 0 aromatic carbocycles. The summed E-state index contributed by atoms with van der Waals surface area (Å²) < 4.78 is 2.34. The van der Waals surface area contributed by atoms with Crippen LogP contribution in [-0.4, -0.2) is 10.1 Å². The normalized spacial score (nSPS) is 11.9. The molecule has 1 N–H and O–H groups in total. The molecule has 0 radical (unpaired) electrons. The summed E-state index contributed by atoms with van der Waals surface area (Å²) in [4.78, 5) is 0. The van der Waals surface area contributed by atoms with E-state index in [4.69, 9.17) is 0 Å². The molecule has 0 unspecified atom stereocenters. The fraction of sp³-hybridized carbons (Fsp3) is 0.467. The van der Waals surface area contributed by atoms with Gasteiger partial charge in [0.05, 0.1) is 0 Å². The van der Waals surface area contributed by atoms with Gasteiger partial charge in [-0.1, -0.05) is 0 Å². The molecule has 0 saturated heterocycles. The van der Waals surface area contributed by atoms with Crippen molar-refractivity contribution in [2.45, 2.75) is 45.8 Å². The Morgan fingerprint density at radius 2 is 2.11 bits per heavy atom. The second kappa shape index (κ2) is 5.72. The van der Waals surface area contributed by atoms with Crippen LogP contribution in [0.5, 0.6) is 0 Å². The van der Waals surface area contributed by atoms with Gasteiger partial charge in [0.15, 0.2) is 0 Å². The van der Waals surface area contributed by atoms with Gasteiger partial charge in [0.1, 0.15) is 0 Å². The maximum Gasteiger partial charge on any atom is 0.0363 e. The average Bonchev–Trinajstić information content (AvgIpc) is 2.94. The highest BCUT2D eigenvalue weighted by Gasteiger charge is 2.10. The van der Waals surface area contributed by atoms with Gasteiger partial charge in [-0.25, -0.2) is 0 Å². The first kappa shape index (κ1) is 13.4. The van der Waals surface area contributed by atoms with Crippen LogP contribution in [0.25, 0.3) is 0 Å². The summed E-state index contributed by atoms with van der Waals surface area (Å²) in [6.07, 6.45) is 3.28. The molecule has 0 fully saturated rings. The van der Waals surface area contributed by atoms with E-state index in [1.165, 1.54) is 11.3 Å². The first-order valence-corrected chi connectivity index (χ1v) is 7.39. The minimum atomic E-state index is 0.169. The Morgan fingerprint density at radius 1 is 1.28 bits per heavy atom. The van der Waals surface area contributed by atoms with E-state index in [9.17, 15) is 0 Å². The van der Waals surface area contributed by atoms with Crippen molar-refractivity contribution in [3.8, 4) is 0 Å². The van der Waals surface area contributed by atoms with Gasteiger partial charge in [0.2, 0.25) is 0 Å². The molecule has 0 bridgehead atoms. The molecule has 0 aliphatic heterocycles. The van der Waals surface area contributed by atoms with Crippen LogP contribution in [0, 0.1) is 0 Å². The van der Waals surface area contributed by atoms with Crippen LogP contribution in [0.3, 0.4) is 0 Å². The molecule has 0 spiro atoms. The number of hydrogen-bond acceptors (Lipinski definition) is 2. The largest absolute Gasteiger partial charge is 0.350 e. The summed E-state index contributed by atoms with van der Waals surface area (Å²) in [6, 6.07) is 6.54. The van der Waals surface area contributed by atoms with Crippen LogP contribution in [0.4, 0.5) is 0 Å². The van der Waals surface area contributed by atoms with Crippen molar-refractivity contribution in [3.05, 3.63) is 46.4 Å². The Morgan fingerprint density at radius 3 is 2.78 bits per heavy atom. The number of hydrogen-bond donors (Lipinski definition) is 1. The lowest BCUT2D eigenvalue weighted by atomic mass is 10.1. The van der Waals surface area contributed by atoms with Gasteiger partial charge in [-0.15, -0.1) is 0 Å². The van der Waals surface area contributed by atoms with Gasteiger partial charge in [-0.3, -0.25) is 0 Å². The van der Waals surface area contributed by atoms with Crippen LogP contribution < -0.4 is 5.32 Å². The molecule has 2 aromatic rings. The highest BCUT2D eigenvalue weighted by atomic mass is 32.1. The Bertz CT molecular complexity index is 463. The molecule has 0 amide bonds. The zero-order valence-electron chi connectivity index (χ0n) is 11.4. The predicted molar refractivity (Wildman–Crippen MR) is 79.0 cm³/mol. The standard InChI is InChI=1S/C15H22N2S/c1-15(2,3)16-11-14-5-4-8-17(14)9-6-13-7-10-18-12-13/h4-5,7-8,10,12,16H,6,9,11H2,1-3H3. The van der Waals surface area contributed by atoms with E-state index in [2.05, 4.69) is 65.8 Å². The minimum absolute atomic E-state index is 0.169. The molecule has 0 saturated carbocycles. The lowest BCUT2D eigenvalue weighted by molar-refractivity contribution is 0.415. The maximum atomic E-state index is 3.54. The van der Waals surface area contributed by atoms with E-state index in [0.29, 0.717) is 0 Å². The number of aryl methyl sites for hydroxylation is 2. The molecule has 98 valence electrons. The van der Waals surface area contributed by atoms with Crippen LogP contribution in [-0.2, 0) is 19.5 Å². The number of thiophene rings is 1. The van der Waals surface area contributed by atoms with E-state index in [0.717, 1.165) is 19.5 Å². The molecule has 0 aliphatic carbocycles. The Kier molecular flexibility index (Phi) is 4.25. The second-order valence-corrected chi connectivity index (χ2v) is 6.46. The van der Waals surface area contributed by atoms with Crippen molar-refractivity contribution in [2.24, 2.45) is 0 Å². The number of aromatic nitrogens is 1. The number of nitrogens with one attached hydrogen (secondary N) is 1. The minimum Gasteiger partial charge on any atom is -0.350 e. The summed E-state index contributed by atoms with van der Waals surface area (Å²) >= 11 is 1.77. The van der Waals surface area contributed by atoms with E-state index in [1.54, 1.807) is 11.3 Å². The summed E-state index contributed by atoms with van der Waals surface area (Å²) in [5.41, 5.74) is 2.96. The first-order valence-electron chi connectivity index (χ1n) is 6.45. The summed E-state index contributed by atoms with van der Waals surface area (Å²) in [7, 11) is 0. The lowest BCUT2D eigenvalue weighted by Gasteiger charge is -2.21. The molecule has 0 aliphatic rings. The van der Waals surface area contributed by atoms with E-state index in [-0.39, 0.29) is 5.54 Å². The Hall–Kier alpha value is -1.06. The van der Waals surface area contributed by atoms with Crippen LogP contribution in [0.15, 0.2) is 35.2 Å². The molecular weight excluding hydrogens is 240 g/mol. The molecule has 18 heavy (non-hydrogen) atoms. The SMILES string of the molecule is CC(C)(C)NCc1cccn1CCc1ccsc1. The predicted octanol–water partition coefficient (Wildman–Crippen LogP) is 3.68. The van der Waals surface area contributed by atoms with Gasteiger partial charge in [-0.05, 0) is 61.7 Å². The molecule has 2 aromatic heterocycles. The lowest BCUT2D eigenvalue weighted by Crippen LogP contribution is -2.35. The zero-order chi connectivity index (χ0) is 13.0. The molecule has 3 heteroatoms. The molecular formula is C15H22N2S. The molecule has 2 heterocycles. The quantitative estimate of drug-likeness (QED) is 0.870. The smallest absolute Gasteiger partial charge is 0.0363 e. The monoisotopic (exact) mass is 262 g/mol. The second-order valence-electron chi connectivity index (χ2n) is 5.68. The first-order chi connectivity index (χ1) is 8.54. The van der Waals surface area contributed by atoms with Gasteiger partial charge < -0.3 is 9.88 Å². The van der Waals surface area contributed by atoms with Crippen molar-refractivity contribution < 1.29 is 0 Å². The summed E-state index contributed by atoms with van der Waals surface area (Å²) in [5, 5.41) is 7.92. The van der Waals surface area contributed by atoms with Crippen molar-refractivity contribution >= 4 is 11.3 Å². The fourth-order valence-corrected chi connectivity index (χ4v) is 2.57. The van der Waals surface area contributed by atoms with Gasteiger partial charge in [-0.2, -0.15) is 11.3 Å². The van der Waals surface area contributed by atoms with E-state index >= 15 is 0 Å². The molecule has 2 rings (SSSR count). The zero-order valence-corrected chi connectivity index (χ0v) is 12.3. The average molecular weight is 262 g/mol. The van der Waals surface area contributed by atoms with Crippen LogP contribution >= 0.6 is 11.3 Å². The topological polar surface area (TPSA) is 17.0 Å². The summed E-state index contributed by atoms with van der Waals surface area (Å²) in [5.74, 6) is 0. The van der Waals surface area contributed by atoms with Crippen molar-refractivity contribution in [3.63, 3.8) is 0 Å². The Balaban J connectivity index is 1.91. The van der Waals surface area contributed by atoms with Gasteiger partial charge >= 0.3 is 0 Å². The number of rotatable bonds is 5. The van der Waals surface area contributed by atoms with Crippen LogP contribution in [0.2, 0.25) is 0 Å². The van der Waals surface area contributed by atoms with Crippen molar-refractivity contribution in [2.75, 3.05) is 0 Å². The van der Waals surface area contributed by atoms with Crippen molar-refractivity contribution in [1.82, 2.24) is 9.88 Å². The Labute approximate surface area is 114 Å². The van der Waals surface area contributed by atoms with Crippen LogP contribution in [0.1, 0.15) is 32.0 Å². The maximum absolute atomic E-state index is 3.54.